The van der Waals surface area contributed by atoms with Crippen LogP contribution in [0.3, 0.4) is 0 Å². The zero-order valence-corrected chi connectivity index (χ0v) is 9.87. The van der Waals surface area contributed by atoms with E-state index in [9.17, 15) is 5.11 Å². The largest absolute Gasteiger partial charge is 0.374 e. The van der Waals surface area contributed by atoms with Crippen LogP contribution in [0.5, 0.6) is 0 Å². The lowest BCUT2D eigenvalue weighted by Crippen LogP contribution is -2.24. The van der Waals surface area contributed by atoms with E-state index in [2.05, 4.69) is 6.92 Å². The van der Waals surface area contributed by atoms with Crippen LogP contribution in [0.25, 0.3) is 0 Å². The Labute approximate surface area is 92.5 Å². The lowest BCUT2D eigenvalue weighted by molar-refractivity contribution is -0.172. The molecule has 1 radical (unpaired) electrons. The van der Waals surface area contributed by atoms with E-state index in [0.717, 1.165) is 6.42 Å². The maximum atomic E-state index is 10.2. The highest BCUT2D eigenvalue weighted by molar-refractivity contribution is 4.44. The third-order valence-electron chi connectivity index (χ3n) is 1.89. The molecule has 0 spiro atoms. The Morgan fingerprint density at radius 2 is 1.87 bits per heavy atom. The summed E-state index contributed by atoms with van der Waals surface area (Å²) in [5, 5.41) is 10.2. The second-order valence-electron chi connectivity index (χ2n) is 3.24. The maximum absolute atomic E-state index is 10.2. The van der Waals surface area contributed by atoms with Crippen molar-refractivity contribution in [2.24, 2.45) is 0 Å². The third-order valence-corrected chi connectivity index (χ3v) is 1.89. The SMILES string of the molecule is CCCCCOC(COCC[O])OCC. The van der Waals surface area contributed by atoms with Crippen molar-refractivity contribution in [1.82, 2.24) is 0 Å². The van der Waals surface area contributed by atoms with E-state index in [0.29, 0.717) is 19.8 Å². The summed E-state index contributed by atoms with van der Waals surface area (Å²) in [7, 11) is 0. The van der Waals surface area contributed by atoms with Gasteiger partial charge >= 0.3 is 0 Å². The first-order chi connectivity index (χ1) is 7.35. The monoisotopic (exact) mass is 219 g/mol. The van der Waals surface area contributed by atoms with Gasteiger partial charge in [0.05, 0.1) is 13.2 Å². The maximum Gasteiger partial charge on any atom is 0.180 e. The van der Waals surface area contributed by atoms with Crippen molar-refractivity contribution in [3.63, 3.8) is 0 Å². The molecule has 0 aromatic carbocycles. The van der Waals surface area contributed by atoms with Crippen LogP contribution in [0, 0.1) is 0 Å². The van der Waals surface area contributed by atoms with Gasteiger partial charge in [-0.1, -0.05) is 19.8 Å². The molecule has 0 saturated carbocycles. The molecule has 0 fully saturated rings. The van der Waals surface area contributed by atoms with Crippen molar-refractivity contribution in [3.8, 4) is 0 Å². The average Bonchev–Trinajstić information content (AvgIpc) is 2.24. The first-order valence-electron chi connectivity index (χ1n) is 5.74. The highest BCUT2D eigenvalue weighted by Crippen LogP contribution is 2.00. The van der Waals surface area contributed by atoms with Gasteiger partial charge in [-0.2, -0.15) is 0 Å². The molecular weight excluding hydrogens is 196 g/mol. The van der Waals surface area contributed by atoms with E-state index in [4.69, 9.17) is 14.2 Å². The molecule has 0 aromatic rings. The molecule has 0 amide bonds. The second-order valence-corrected chi connectivity index (χ2v) is 3.24. The van der Waals surface area contributed by atoms with Crippen LogP contribution in [-0.2, 0) is 19.3 Å². The summed E-state index contributed by atoms with van der Waals surface area (Å²) in [5.41, 5.74) is 0. The zero-order valence-electron chi connectivity index (χ0n) is 9.87. The molecule has 0 aliphatic rings. The van der Waals surface area contributed by atoms with E-state index in [1.54, 1.807) is 0 Å². The third kappa shape index (κ3) is 10.1. The topological polar surface area (TPSA) is 47.6 Å². The van der Waals surface area contributed by atoms with Crippen LogP contribution in [0.4, 0.5) is 0 Å². The van der Waals surface area contributed by atoms with Crippen LogP contribution >= 0.6 is 0 Å². The average molecular weight is 219 g/mol. The number of hydrogen-bond acceptors (Lipinski definition) is 3. The molecule has 0 aliphatic heterocycles. The van der Waals surface area contributed by atoms with Crippen LogP contribution in [0.1, 0.15) is 33.1 Å². The van der Waals surface area contributed by atoms with Crippen molar-refractivity contribution in [3.05, 3.63) is 0 Å². The number of unbranched alkanes of at least 4 members (excludes halogenated alkanes) is 2. The van der Waals surface area contributed by atoms with Crippen LogP contribution < -0.4 is 0 Å². The highest BCUT2D eigenvalue weighted by Gasteiger charge is 2.08. The lowest BCUT2D eigenvalue weighted by Gasteiger charge is -2.17. The van der Waals surface area contributed by atoms with Gasteiger partial charge in [0.1, 0.15) is 6.61 Å². The predicted octanol–water partition coefficient (Wildman–Crippen LogP) is 2.00. The molecule has 0 N–H and O–H groups in total. The quantitative estimate of drug-likeness (QED) is 0.394. The molecule has 4 nitrogen and oxygen atoms in total. The number of ether oxygens (including phenoxy) is 3. The Kier molecular flexibility index (Phi) is 11.8. The summed E-state index contributed by atoms with van der Waals surface area (Å²) in [6.45, 7) is 5.71. The fourth-order valence-electron chi connectivity index (χ4n) is 1.14. The minimum Gasteiger partial charge on any atom is -0.374 e. The molecule has 1 atom stereocenters. The van der Waals surface area contributed by atoms with Gasteiger partial charge in [-0.15, -0.1) is 0 Å². The molecule has 1 unspecified atom stereocenters. The highest BCUT2D eigenvalue weighted by atomic mass is 16.7. The van der Waals surface area contributed by atoms with Gasteiger partial charge in [0.25, 0.3) is 0 Å². The molecule has 91 valence electrons. The Balaban J connectivity index is 3.44. The fraction of sp³-hybridized carbons (Fsp3) is 1.00. The van der Waals surface area contributed by atoms with Gasteiger partial charge in [-0.25, -0.2) is 5.11 Å². The van der Waals surface area contributed by atoms with Gasteiger partial charge in [-0.3, -0.25) is 0 Å². The minimum absolute atomic E-state index is 0.214. The van der Waals surface area contributed by atoms with E-state index < -0.39 is 0 Å². The smallest absolute Gasteiger partial charge is 0.180 e. The van der Waals surface area contributed by atoms with E-state index >= 15 is 0 Å². The summed E-state index contributed by atoms with van der Waals surface area (Å²) in [4.78, 5) is 0. The van der Waals surface area contributed by atoms with Crippen molar-refractivity contribution in [2.45, 2.75) is 39.4 Å². The molecule has 0 rings (SSSR count). The van der Waals surface area contributed by atoms with Crippen molar-refractivity contribution < 1.29 is 19.3 Å². The van der Waals surface area contributed by atoms with Crippen molar-refractivity contribution in [1.29, 1.82) is 0 Å². The fourth-order valence-corrected chi connectivity index (χ4v) is 1.14. The van der Waals surface area contributed by atoms with Gasteiger partial charge in [0.2, 0.25) is 0 Å². The Bertz CT molecular complexity index is 119. The summed E-state index contributed by atoms with van der Waals surface area (Å²) in [5.74, 6) is 0. The Hall–Kier alpha value is -0.160. The lowest BCUT2D eigenvalue weighted by atomic mass is 10.3. The van der Waals surface area contributed by atoms with Crippen LogP contribution in [0.2, 0.25) is 0 Å². The van der Waals surface area contributed by atoms with Crippen molar-refractivity contribution in [2.75, 3.05) is 33.0 Å². The van der Waals surface area contributed by atoms with Crippen molar-refractivity contribution >= 4 is 0 Å². The van der Waals surface area contributed by atoms with Gasteiger partial charge in [0, 0.05) is 13.2 Å². The summed E-state index contributed by atoms with van der Waals surface area (Å²) >= 11 is 0. The van der Waals surface area contributed by atoms with Gasteiger partial charge < -0.3 is 14.2 Å². The van der Waals surface area contributed by atoms with E-state index in [-0.39, 0.29) is 19.5 Å². The predicted molar refractivity (Wildman–Crippen MR) is 57.3 cm³/mol. The summed E-state index contributed by atoms with van der Waals surface area (Å²) in [6.07, 6.45) is 3.07. The number of rotatable bonds is 11. The molecule has 15 heavy (non-hydrogen) atoms. The normalized spacial score (nSPS) is 13.0. The molecule has 4 heteroatoms. The molecule has 0 saturated heterocycles. The van der Waals surface area contributed by atoms with Gasteiger partial charge in [0.15, 0.2) is 6.29 Å². The first kappa shape index (κ1) is 14.8. The molecule has 0 aromatic heterocycles. The minimum atomic E-state index is -0.321. The van der Waals surface area contributed by atoms with Gasteiger partial charge in [-0.05, 0) is 13.3 Å². The Morgan fingerprint density at radius 3 is 2.47 bits per heavy atom. The first-order valence-corrected chi connectivity index (χ1v) is 5.74. The zero-order chi connectivity index (χ0) is 11.4. The van der Waals surface area contributed by atoms with Crippen LogP contribution in [0.15, 0.2) is 0 Å². The second kappa shape index (κ2) is 11.9. The molecule has 0 heterocycles. The number of hydrogen-bond donors (Lipinski definition) is 0. The van der Waals surface area contributed by atoms with Crippen LogP contribution in [-0.4, -0.2) is 39.3 Å². The van der Waals surface area contributed by atoms with E-state index in [1.807, 2.05) is 6.92 Å². The van der Waals surface area contributed by atoms with E-state index in [1.165, 1.54) is 12.8 Å². The molecule has 0 aliphatic carbocycles. The Morgan fingerprint density at radius 1 is 1.07 bits per heavy atom. The standard InChI is InChI=1S/C11H23O4/c1-3-5-6-8-15-11(14-4-2)10-13-9-7-12/h11H,3-10H2,1-2H3. The molecule has 0 bridgehead atoms. The summed E-state index contributed by atoms with van der Waals surface area (Å²) < 4.78 is 15.9. The summed E-state index contributed by atoms with van der Waals surface area (Å²) in [6, 6.07) is 0. The molecular formula is C11H23O4.